The van der Waals surface area contributed by atoms with Crippen molar-refractivity contribution >= 4 is 21.7 Å². The molecule has 0 aliphatic rings. The monoisotopic (exact) mass is 336 g/mol. The number of anilines is 1. The third-order valence-corrected chi connectivity index (χ3v) is 3.79. The summed E-state index contributed by atoms with van der Waals surface area (Å²) in [5, 5.41) is 13.9. The fourth-order valence-electron chi connectivity index (χ4n) is 1.87. The van der Waals surface area contributed by atoms with Gasteiger partial charge in [-0.3, -0.25) is 9.35 Å². The molecule has 0 aliphatic heterocycles. The molecule has 23 heavy (non-hydrogen) atoms. The lowest BCUT2D eigenvalue weighted by molar-refractivity contribution is -0.120. The zero-order chi connectivity index (χ0) is 16.9. The molecular formula is C15H16N2O5S. The number of phenols is 1. The van der Waals surface area contributed by atoms with Crippen molar-refractivity contribution in [3.05, 3.63) is 60.2 Å². The maximum absolute atomic E-state index is 11.9. The van der Waals surface area contributed by atoms with Gasteiger partial charge in [-0.05, 0) is 29.8 Å². The number of amides is 1. The Balaban J connectivity index is 2.07. The third-order valence-electron chi connectivity index (χ3n) is 2.96. The van der Waals surface area contributed by atoms with Crippen molar-refractivity contribution in [2.45, 2.75) is 11.9 Å². The Bertz CT molecular complexity index is 760. The van der Waals surface area contributed by atoms with Crippen molar-refractivity contribution < 1.29 is 22.9 Å². The largest absolute Gasteiger partial charge is 0.508 e. The Morgan fingerprint density at radius 3 is 2.22 bits per heavy atom. The second kappa shape index (κ2) is 7.12. The van der Waals surface area contributed by atoms with Gasteiger partial charge in [-0.15, -0.1) is 0 Å². The fraction of sp³-hybridized carbons (Fsp3) is 0.133. The Kier molecular flexibility index (Phi) is 5.20. The minimum Gasteiger partial charge on any atom is -0.508 e. The van der Waals surface area contributed by atoms with Crippen LogP contribution in [0.3, 0.4) is 0 Å². The Morgan fingerprint density at radius 1 is 1.04 bits per heavy atom. The molecule has 1 unspecified atom stereocenters. The number of carbonyl (C=O) groups is 1. The normalized spacial score (nSPS) is 12.4. The van der Waals surface area contributed by atoms with Gasteiger partial charge in [0.2, 0.25) is 11.4 Å². The number of hydrogen-bond donors (Lipinski definition) is 4. The molecule has 0 saturated carbocycles. The summed E-state index contributed by atoms with van der Waals surface area (Å²) in [6.45, 7) is 0. The van der Waals surface area contributed by atoms with Gasteiger partial charge in [0.25, 0.3) is 0 Å². The molecule has 2 aromatic carbocycles. The number of hydrogen-bond acceptors (Lipinski definition) is 5. The van der Waals surface area contributed by atoms with Crippen LogP contribution in [0.5, 0.6) is 5.75 Å². The fourth-order valence-corrected chi connectivity index (χ4v) is 2.44. The van der Waals surface area contributed by atoms with E-state index in [1.54, 1.807) is 30.3 Å². The topological polar surface area (TPSA) is 116 Å². The van der Waals surface area contributed by atoms with Gasteiger partial charge in [0, 0.05) is 5.69 Å². The van der Waals surface area contributed by atoms with E-state index in [1.807, 2.05) is 0 Å². The van der Waals surface area contributed by atoms with Gasteiger partial charge in [0.15, 0.2) is 0 Å². The molecule has 1 amide bonds. The van der Waals surface area contributed by atoms with Crippen molar-refractivity contribution in [2.24, 2.45) is 0 Å². The number of phenolic OH excluding ortho intramolecular Hbond substituents is 1. The van der Waals surface area contributed by atoms with Gasteiger partial charge >= 0.3 is 10.1 Å². The molecule has 0 aliphatic carbocycles. The van der Waals surface area contributed by atoms with Crippen LogP contribution in [0.2, 0.25) is 0 Å². The van der Waals surface area contributed by atoms with Gasteiger partial charge in [0.1, 0.15) is 5.75 Å². The first kappa shape index (κ1) is 16.8. The van der Waals surface area contributed by atoms with Crippen molar-refractivity contribution in [3.8, 4) is 5.75 Å². The van der Waals surface area contributed by atoms with E-state index < -0.39 is 21.5 Å². The van der Waals surface area contributed by atoms with Crippen LogP contribution in [0.25, 0.3) is 0 Å². The Labute approximate surface area is 133 Å². The highest BCUT2D eigenvalue weighted by molar-refractivity contribution is 7.86. The summed E-state index contributed by atoms with van der Waals surface area (Å²) in [7, 11) is -4.57. The predicted octanol–water partition coefficient (Wildman–Crippen LogP) is 1.33. The summed E-state index contributed by atoms with van der Waals surface area (Å²) >= 11 is 0. The molecule has 2 rings (SSSR count). The van der Waals surface area contributed by atoms with Crippen LogP contribution in [0.15, 0.2) is 54.6 Å². The lowest BCUT2D eigenvalue weighted by Gasteiger charge is -2.18. The maximum Gasteiger partial charge on any atom is 0.305 e. The number of aromatic hydroxyl groups is 1. The molecular weight excluding hydrogens is 320 g/mol. The van der Waals surface area contributed by atoms with E-state index in [0.717, 1.165) is 0 Å². The van der Waals surface area contributed by atoms with Crippen molar-refractivity contribution in [1.82, 2.24) is 5.32 Å². The summed E-state index contributed by atoms with van der Waals surface area (Å²) in [5.41, 5.74) is -0.669. The van der Waals surface area contributed by atoms with Gasteiger partial charge < -0.3 is 15.7 Å². The van der Waals surface area contributed by atoms with Crippen LogP contribution in [0.1, 0.15) is 5.56 Å². The molecule has 0 saturated heterocycles. The number of rotatable bonds is 6. The number of carbonyl (C=O) groups excluding carboxylic acids is 1. The molecule has 4 N–H and O–H groups in total. The SMILES string of the molecule is O=C(Cc1ccccc1)NC(Nc1ccc(O)cc1)S(=O)(=O)O. The summed E-state index contributed by atoms with van der Waals surface area (Å²) in [4.78, 5) is 11.9. The van der Waals surface area contributed by atoms with Crippen molar-refractivity contribution in [1.29, 1.82) is 0 Å². The smallest absolute Gasteiger partial charge is 0.305 e. The first-order chi connectivity index (χ1) is 10.8. The molecule has 0 fully saturated rings. The molecule has 8 heteroatoms. The van der Waals surface area contributed by atoms with Crippen molar-refractivity contribution in [2.75, 3.05) is 5.32 Å². The zero-order valence-corrected chi connectivity index (χ0v) is 12.8. The number of benzene rings is 2. The second-order valence-corrected chi connectivity index (χ2v) is 6.32. The standard InChI is InChI=1S/C15H16N2O5S/c18-13-8-6-12(7-9-13)16-15(23(20,21)22)17-14(19)10-11-4-2-1-3-5-11/h1-9,15-16,18H,10H2,(H,17,19)(H,20,21,22). The highest BCUT2D eigenvalue weighted by Gasteiger charge is 2.24. The first-order valence-corrected chi connectivity index (χ1v) is 8.20. The van der Waals surface area contributed by atoms with Crippen LogP contribution in [0.4, 0.5) is 5.69 Å². The second-order valence-electron chi connectivity index (χ2n) is 4.82. The highest BCUT2D eigenvalue weighted by atomic mass is 32.2. The summed E-state index contributed by atoms with van der Waals surface area (Å²) in [6, 6.07) is 14.3. The first-order valence-electron chi connectivity index (χ1n) is 6.70. The van der Waals surface area contributed by atoms with E-state index in [2.05, 4.69) is 10.6 Å². The summed E-state index contributed by atoms with van der Waals surface area (Å²) in [5.74, 6) is -0.558. The molecule has 1 atom stereocenters. The van der Waals surface area contributed by atoms with Crippen LogP contribution in [0, 0.1) is 0 Å². The van der Waals surface area contributed by atoms with Crippen LogP contribution < -0.4 is 10.6 Å². The van der Waals surface area contributed by atoms with Gasteiger partial charge in [-0.25, -0.2) is 0 Å². The quantitative estimate of drug-likeness (QED) is 0.359. The maximum atomic E-state index is 11.9. The van der Waals surface area contributed by atoms with E-state index in [1.165, 1.54) is 24.3 Å². The molecule has 0 spiro atoms. The highest BCUT2D eigenvalue weighted by Crippen LogP contribution is 2.15. The lowest BCUT2D eigenvalue weighted by atomic mass is 10.1. The average Bonchev–Trinajstić information content (AvgIpc) is 2.49. The zero-order valence-electron chi connectivity index (χ0n) is 12.0. The average molecular weight is 336 g/mol. The van der Waals surface area contributed by atoms with Crippen LogP contribution in [-0.4, -0.2) is 29.5 Å². The van der Waals surface area contributed by atoms with E-state index in [4.69, 9.17) is 0 Å². The number of nitrogens with one attached hydrogen (secondary N) is 2. The van der Waals surface area contributed by atoms with Gasteiger partial charge in [0.05, 0.1) is 6.42 Å². The van der Waals surface area contributed by atoms with Gasteiger partial charge in [-0.2, -0.15) is 8.42 Å². The van der Waals surface area contributed by atoms with Crippen molar-refractivity contribution in [3.63, 3.8) is 0 Å². The molecule has 0 heterocycles. The Morgan fingerprint density at radius 2 is 1.65 bits per heavy atom. The molecule has 2 aromatic rings. The minimum atomic E-state index is -4.57. The van der Waals surface area contributed by atoms with Gasteiger partial charge in [-0.1, -0.05) is 30.3 Å². The molecule has 7 nitrogen and oxygen atoms in total. The molecule has 0 radical (unpaired) electrons. The van der Waals surface area contributed by atoms with Crippen LogP contribution in [-0.2, 0) is 21.3 Å². The molecule has 0 aromatic heterocycles. The summed E-state index contributed by atoms with van der Waals surface area (Å²) < 4.78 is 32.1. The molecule has 122 valence electrons. The lowest BCUT2D eigenvalue weighted by Crippen LogP contribution is -2.46. The van der Waals surface area contributed by atoms with Crippen LogP contribution >= 0.6 is 0 Å². The van der Waals surface area contributed by atoms with E-state index >= 15 is 0 Å². The predicted molar refractivity (Wildman–Crippen MR) is 85.4 cm³/mol. The third kappa shape index (κ3) is 5.28. The van der Waals surface area contributed by atoms with E-state index in [9.17, 15) is 22.9 Å². The Hall–Kier alpha value is -2.58. The summed E-state index contributed by atoms with van der Waals surface area (Å²) in [6.07, 6.45) is -0.0237. The van der Waals surface area contributed by atoms with E-state index in [-0.39, 0.29) is 12.2 Å². The molecule has 0 bridgehead atoms. The minimum absolute atomic E-state index is 0.00655. The van der Waals surface area contributed by atoms with E-state index in [0.29, 0.717) is 11.3 Å².